The van der Waals surface area contributed by atoms with E-state index in [1.807, 2.05) is 27.7 Å². The highest BCUT2D eigenvalue weighted by Gasteiger charge is 2.53. The van der Waals surface area contributed by atoms with Gasteiger partial charge in [-0.15, -0.1) is 0 Å². The van der Waals surface area contributed by atoms with Crippen molar-refractivity contribution in [1.29, 1.82) is 0 Å². The molecule has 1 saturated heterocycles. The van der Waals surface area contributed by atoms with Gasteiger partial charge in [0.15, 0.2) is 0 Å². The van der Waals surface area contributed by atoms with E-state index in [0.717, 1.165) is 0 Å². The fourth-order valence-corrected chi connectivity index (χ4v) is 1.36. The molecule has 14 heavy (non-hydrogen) atoms. The minimum Gasteiger partial charge on any atom is -0.402 e. The number of nitrogens with two attached hydrogens (primary N) is 1. The maximum absolute atomic E-state index is 6.01. The molecule has 1 heterocycles. The van der Waals surface area contributed by atoms with E-state index in [-0.39, 0.29) is 24.3 Å². The predicted octanol–water partition coefficient (Wildman–Crippen LogP) is 1.60. The van der Waals surface area contributed by atoms with Gasteiger partial charge in [-0.25, -0.2) is 0 Å². The first-order valence-electron chi connectivity index (χ1n) is 5.28. The molecule has 1 atom stereocenters. The first-order valence-corrected chi connectivity index (χ1v) is 5.28. The van der Waals surface area contributed by atoms with E-state index >= 15 is 0 Å². The second-order valence-corrected chi connectivity index (χ2v) is 5.45. The standard InChI is InChI=1S/C10H22BNO2/c1-7(2)8(12)11-13-9(3,4)10(5,6)14-11/h7-8H,12H2,1-6H3. The molecule has 0 aliphatic carbocycles. The van der Waals surface area contributed by atoms with Gasteiger partial charge in [-0.05, 0) is 33.6 Å². The van der Waals surface area contributed by atoms with Crippen molar-refractivity contribution in [3.8, 4) is 0 Å². The Hall–Kier alpha value is -0.0551. The molecule has 1 aliphatic heterocycles. The third kappa shape index (κ3) is 1.97. The van der Waals surface area contributed by atoms with E-state index in [0.29, 0.717) is 5.92 Å². The van der Waals surface area contributed by atoms with Crippen LogP contribution in [0.2, 0.25) is 0 Å². The topological polar surface area (TPSA) is 44.5 Å². The monoisotopic (exact) mass is 199 g/mol. The lowest BCUT2D eigenvalue weighted by Crippen LogP contribution is -2.45. The molecule has 0 aromatic heterocycles. The second-order valence-electron chi connectivity index (χ2n) is 5.45. The smallest absolute Gasteiger partial charge is 0.402 e. The van der Waals surface area contributed by atoms with Crippen LogP contribution in [0.15, 0.2) is 0 Å². The van der Waals surface area contributed by atoms with Crippen LogP contribution in [0.1, 0.15) is 41.5 Å². The summed E-state index contributed by atoms with van der Waals surface area (Å²) in [6, 6.07) is 0. The van der Waals surface area contributed by atoms with Gasteiger partial charge in [0, 0.05) is 5.94 Å². The molecule has 1 rings (SSSR count). The summed E-state index contributed by atoms with van der Waals surface area (Å²) >= 11 is 0. The molecular weight excluding hydrogens is 177 g/mol. The van der Waals surface area contributed by atoms with Crippen LogP contribution in [0.4, 0.5) is 0 Å². The zero-order valence-electron chi connectivity index (χ0n) is 10.1. The maximum Gasteiger partial charge on any atom is 0.476 e. The summed E-state index contributed by atoms with van der Waals surface area (Å²) in [5.74, 6) is 0.306. The van der Waals surface area contributed by atoms with Gasteiger partial charge in [-0.3, -0.25) is 0 Å². The van der Waals surface area contributed by atoms with E-state index in [1.165, 1.54) is 0 Å². The van der Waals surface area contributed by atoms with Crippen LogP contribution in [0.3, 0.4) is 0 Å². The van der Waals surface area contributed by atoms with E-state index in [1.54, 1.807) is 0 Å². The first kappa shape index (κ1) is 12.0. The van der Waals surface area contributed by atoms with E-state index < -0.39 is 0 Å². The van der Waals surface area contributed by atoms with Crippen molar-refractivity contribution >= 4 is 7.12 Å². The summed E-state index contributed by atoms with van der Waals surface area (Å²) < 4.78 is 11.7. The lowest BCUT2D eigenvalue weighted by Gasteiger charge is -2.32. The molecule has 0 aromatic rings. The Labute approximate surface area is 87.5 Å². The highest BCUT2D eigenvalue weighted by molar-refractivity contribution is 6.47. The van der Waals surface area contributed by atoms with Crippen molar-refractivity contribution in [2.24, 2.45) is 11.7 Å². The molecule has 0 bridgehead atoms. The number of rotatable bonds is 2. The van der Waals surface area contributed by atoms with Crippen molar-refractivity contribution in [2.45, 2.75) is 58.7 Å². The summed E-state index contributed by atoms with van der Waals surface area (Å²) in [6.45, 7) is 12.3. The van der Waals surface area contributed by atoms with Gasteiger partial charge in [0.05, 0.1) is 11.2 Å². The normalized spacial score (nSPS) is 27.0. The van der Waals surface area contributed by atoms with Crippen LogP contribution in [0.25, 0.3) is 0 Å². The molecule has 0 amide bonds. The Morgan fingerprint density at radius 2 is 1.36 bits per heavy atom. The first-order chi connectivity index (χ1) is 6.17. The average Bonchev–Trinajstić information content (AvgIpc) is 2.20. The molecule has 3 nitrogen and oxygen atoms in total. The molecule has 0 spiro atoms. The molecule has 82 valence electrons. The summed E-state index contributed by atoms with van der Waals surface area (Å²) in [5, 5.41) is 0. The molecule has 0 radical (unpaired) electrons. The van der Waals surface area contributed by atoms with E-state index in [2.05, 4.69) is 13.8 Å². The third-order valence-corrected chi connectivity index (χ3v) is 3.36. The minimum atomic E-state index is -0.278. The predicted molar refractivity (Wildman–Crippen MR) is 58.9 cm³/mol. The fraction of sp³-hybridized carbons (Fsp3) is 1.00. The van der Waals surface area contributed by atoms with Gasteiger partial charge in [0.2, 0.25) is 0 Å². The molecule has 4 heteroatoms. The Morgan fingerprint density at radius 3 is 1.64 bits per heavy atom. The van der Waals surface area contributed by atoms with Crippen LogP contribution >= 0.6 is 0 Å². The van der Waals surface area contributed by atoms with Crippen molar-refractivity contribution in [3.63, 3.8) is 0 Å². The number of hydrogen-bond donors (Lipinski definition) is 1. The van der Waals surface area contributed by atoms with Gasteiger partial charge in [0.25, 0.3) is 0 Å². The highest BCUT2D eigenvalue weighted by Crippen LogP contribution is 2.37. The molecule has 1 aliphatic rings. The molecule has 1 fully saturated rings. The van der Waals surface area contributed by atoms with Gasteiger partial charge in [-0.2, -0.15) is 0 Å². The van der Waals surface area contributed by atoms with Crippen LogP contribution in [-0.2, 0) is 9.31 Å². The molecule has 0 aromatic carbocycles. The minimum absolute atomic E-state index is 0.0592. The second kappa shape index (κ2) is 3.51. The van der Waals surface area contributed by atoms with Crippen LogP contribution < -0.4 is 5.73 Å². The van der Waals surface area contributed by atoms with Crippen molar-refractivity contribution < 1.29 is 9.31 Å². The molecule has 1 unspecified atom stereocenters. The summed E-state index contributed by atoms with van der Waals surface area (Å²) in [7, 11) is -0.278. The van der Waals surface area contributed by atoms with Gasteiger partial charge in [-0.1, -0.05) is 13.8 Å². The van der Waals surface area contributed by atoms with Gasteiger partial charge >= 0.3 is 7.12 Å². The Balaban J connectivity index is 2.73. The van der Waals surface area contributed by atoms with Crippen LogP contribution in [-0.4, -0.2) is 24.3 Å². The van der Waals surface area contributed by atoms with Crippen LogP contribution in [0.5, 0.6) is 0 Å². The molecule has 0 saturated carbocycles. The lowest BCUT2D eigenvalue weighted by molar-refractivity contribution is 0.00578. The molecular formula is C10H22BNO2. The SMILES string of the molecule is CC(C)C(N)B1OC(C)(C)C(C)(C)O1. The van der Waals surface area contributed by atoms with Gasteiger partial charge in [0.1, 0.15) is 0 Å². The fourth-order valence-electron chi connectivity index (χ4n) is 1.36. The van der Waals surface area contributed by atoms with Crippen LogP contribution in [0, 0.1) is 5.92 Å². The number of hydrogen-bond acceptors (Lipinski definition) is 3. The van der Waals surface area contributed by atoms with Gasteiger partial charge < -0.3 is 15.0 Å². The summed E-state index contributed by atoms with van der Waals surface area (Å²) in [5.41, 5.74) is 5.47. The zero-order chi connectivity index (χ0) is 11.1. The summed E-state index contributed by atoms with van der Waals surface area (Å²) in [6.07, 6.45) is 0. The van der Waals surface area contributed by atoms with Crippen molar-refractivity contribution in [1.82, 2.24) is 0 Å². The third-order valence-electron chi connectivity index (χ3n) is 3.36. The zero-order valence-corrected chi connectivity index (χ0v) is 10.1. The lowest BCUT2D eigenvalue weighted by atomic mass is 9.73. The molecule has 2 N–H and O–H groups in total. The van der Waals surface area contributed by atoms with Crippen molar-refractivity contribution in [2.75, 3.05) is 0 Å². The Morgan fingerprint density at radius 1 is 1.00 bits per heavy atom. The maximum atomic E-state index is 6.01. The van der Waals surface area contributed by atoms with E-state index in [9.17, 15) is 0 Å². The van der Waals surface area contributed by atoms with E-state index in [4.69, 9.17) is 15.0 Å². The largest absolute Gasteiger partial charge is 0.476 e. The summed E-state index contributed by atoms with van der Waals surface area (Å²) in [4.78, 5) is 0. The van der Waals surface area contributed by atoms with Crippen molar-refractivity contribution in [3.05, 3.63) is 0 Å². The Kier molecular flexibility index (Phi) is 3.01. The highest BCUT2D eigenvalue weighted by atomic mass is 16.7. The average molecular weight is 199 g/mol. The quantitative estimate of drug-likeness (QED) is 0.687. The Bertz CT molecular complexity index is 200.